The van der Waals surface area contributed by atoms with Crippen LogP contribution in [-0.2, 0) is 21.0 Å². The summed E-state index contributed by atoms with van der Waals surface area (Å²) in [6, 6.07) is 10.1. The minimum absolute atomic E-state index is 0.0401. The number of rotatable bonds is 8. The van der Waals surface area contributed by atoms with Crippen molar-refractivity contribution in [3.05, 3.63) is 59.1 Å². The molecule has 2 aromatic rings. The molecular weight excluding hydrogens is 503 g/mol. The zero-order chi connectivity index (χ0) is 25.8. The molecule has 11 heteroatoms. The molecule has 0 aromatic heterocycles. The molecule has 0 unspecified atom stereocenters. The number of carbonyl (C=O) groups excluding carboxylic acids is 1. The van der Waals surface area contributed by atoms with Gasteiger partial charge in [0, 0.05) is 48.8 Å². The second-order valence-corrected chi connectivity index (χ2v) is 11.0. The first-order valence-electron chi connectivity index (χ1n) is 11.4. The van der Waals surface area contributed by atoms with Crippen molar-refractivity contribution in [3.8, 4) is 0 Å². The van der Waals surface area contributed by atoms with Gasteiger partial charge in [0.15, 0.2) is 0 Å². The van der Waals surface area contributed by atoms with E-state index in [4.69, 9.17) is 11.6 Å². The van der Waals surface area contributed by atoms with Crippen molar-refractivity contribution < 1.29 is 26.4 Å². The Balaban J connectivity index is 1.61. The van der Waals surface area contributed by atoms with Crippen molar-refractivity contribution in [1.82, 2.24) is 9.21 Å². The van der Waals surface area contributed by atoms with Gasteiger partial charge in [-0.15, -0.1) is 0 Å². The fraction of sp³-hybridized carbons (Fsp3) is 0.458. The predicted molar refractivity (Wildman–Crippen MR) is 130 cm³/mol. The van der Waals surface area contributed by atoms with E-state index in [0.717, 1.165) is 17.8 Å². The average Bonchev–Trinajstić information content (AvgIpc) is 2.80. The molecule has 1 saturated heterocycles. The summed E-state index contributed by atoms with van der Waals surface area (Å²) >= 11 is 5.86. The topological polar surface area (TPSA) is 69.7 Å². The van der Waals surface area contributed by atoms with Gasteiger partial charge in [-0.3, -0.25) is 4.79 Å². The van der Waals surface area contributed by atoms with E-state index < -0.39 is 33.8 Å². The maximum atomic E-state index is 13.3. The number of sulfonamides is 1. The highest BCUT2D eigenvalue weighted by Crippen LogP contribution is 2.33. The van der Waals surface area contributed by atoms with Crippen LogP contribution in [0.4, 0.5) is 18.9 Å². The van der Waals surface area contributed by atoms with Crippen LogP contribution in [0.5, 0.6) is 0 Å². The van der Waals surface area contributed by atoms with E-state index in [-0.39, 0.29) is 17.2 Å². The van der Waals surface area contributed by atoms with E-state index >= 15 is 0 Å². The molecule has 1 fully saturated rings. The number of piperidine rings is 1. The molecule has 0 saturated carbocycles. The molecule has 1 amide bonds. The lowest BCUT2D eigenvalue weighted by molar-refractivity contribution is -0.137. The molecule has 35 heavy (non-hydrogen) atoms. The van der Waals surface area contributed by atoms with Crippen molar-refractivity contribution in [2.24, 2.45) is 0 Å². The summed E-state index contributed by atoms with van der Waals surface area (Å²) in [5.74, 6) is -0.0401. The quantitative estimate of drug-likeness (QED) is 0.505. The zero-order valence-corrected chi connectivity index (χ0v) is 21.1. The van der Waals surface area contributed by atoms with Crippen LogP contribution < -0.4 is 5.32 Å². The smallest absolute Gasteiger partial charge is 0.385 e. The summed E-state index contributed by atoms with van der Waals surface area (Å²) in [5, 5.41) is 3.79. The van der Waals surface area contributed by atoms with Gasteiger partial charge in [-0.25, -0.2) is 8.42 Å². The molecule has 1 heterocycles. The van der Waals surface area contributed by atoms with Crippen LogP contribution >= 0.6 is 11.6 Å². The molecule has 0 spiro atoms. The van der Waals surface area contributed by atoms with Crippen LogP contribution in [-0.4, -0.2) is 55.2 Å². The van der Waals surface area contributed by atoms with Crippen molar-refractivity contribution >= 4 is 33.2 Å². The maximum Gasteiger partial charge on any atom is 0.416 e. The average molecular weight is 532 g/mol. The third-order valence-corrected chi connectivity index (χ3v) is 8.31. The second-order valence-electron chi connectivity index (χ2n) is 8.75. The van der Waals surface area contributed by atoms with Crippen LogP contribution in [0.2, 0.25) is 5.02 Å². The van der Waals surface area contributed by atoms with Gasteiger partial charge in [-0.1, -0.05) is 17.7 Å². The van der Waals surface area contributed by atoms with E-state index in [0.29, 0.717) is 43.6 Å². The Morgan fingerprint density at radius 1 is 1.14 bits per heavy atom. The van der Waals surface area contributed by atoms with Crippen LogP contribution in [0, 0.1) is 0 Å². The molecule has 1 aliphatic heterocycles. The molecule has 0 atom stereocenters. The van der Waals surface area contributed by atoms with E-state index in [1.54, 1.807) is 30.9 Å². The second kappa shape index (κ2) is 11.2. The minimum Gasteiger partial charge on any atom is -0.385 e. The Bertz CT molecular complexity index is 1120. The normalized spacial score (nSPS) is 15.6. The number of anilines is 1. The molecule has 0 radical (unpaired) electrons. The summed E-state index contributed by atoms with van der Waals surface area (Å²) < 4.78 is 67.3. The Morgan fingerprint density at radius 2 is 1.77 bits per heavy atom. The molecule has 6 nitrogen and oxygen atoms in total. The number of hydrogen-bond donors (Lipinski definition) is 1. The number of hydrogen-bond acceptors (Lipinski definition) is 4. The van der Waals surface area contributed by atoms with E-state index in [9.17, 15) is 26.4 Å². The molecule has 192 valence electrons. The molecule has 0 aliphatic carbocycles. The summed E-state index contributed by atoms with van der Waals surface area (Å²) in [7, 11) is -4.16. The summed E-state index contributed by atoms with van der Waals surface area (Å²) in [6.45, 7) is 4.61. The fourth-order valence-corrected chi connectivity index (χ4v) is 6.31. The Hall–Kier alpha value is -2.30. The predicted octanol–water partition coefficient (Wildman–Crippen LogP) is 5.25. The third kappa shape index (κ3) is 6.89. The van der Waals surface area contributed by atoms with E-state index in [2.05, 4.69) is 5.32 Å². The number of benzene rings is 2. The van der Waals surface area contributed by atoms with E-state index in [1.807, 2.05) is 12.1 Å². The largest absolute Gasteiger partial charge is 0.416 e. The zero-order valence-electron chi connectivity index (χ0n) is 19.6. The number of nitrogens with zero attached hydrogens (tertiary/aromatic N) is 2. The van der Waals surface area contributed by atoms with E-state index in [1.165, 1.54) is 10.4 Å². The lowest BCUT2D eigenvalue weighted by atomic mass is 10.0. The number of carbonyl (C=O) groups is 1. The summed E-state index contributed by atoms with van der Waals surface area (Å²) in [5.41, 5.74) is -0.150. The molecule has 1 N–H and O–H groups in total. The van der Waals surface area contributed by atoms with Crippen molar-refractivity contribution in [3.63, 3.8) is 0 Å². The monoisotopic (exact) mass is 531 g/mol. The first kappa shape index (κ1) is 27.3. The van der Waals surface area contributed by atoms with Gasteiger partial charge in [0.1, 0.15) is 0 Å². The maximum absolute atomic E-state index is 13.3. The Labute approximate surface area is 209 Å². The number of alkyl halides is 3. The van der Waals surface area contributed by atoms with Crippen LogP contribution in [0.1, 0.15) is 38.7 Å². The summed E-state index contributed by atoms with van der Waals surface area (Å²) in [6.07, 6.45) is -3.54. The SMILES string of the molecule is CC(C)N(C1CCN(C(=O)CCNc2ccc(Cl)cc2)CC1)S(=O)(=O)c1cccc(C(F)(F)F)c1. The van der Waals surface area contributed by atoms with Crippen molar-refractivity contribution in [2.45, 2.75) is 56.3 Å². The lowest BCUT2D eigenvalue weighted by Gasteiger charge is -2.39. The Morgan fingerprint density at radius 3 is 2.34 bits per heavy atom. The van der Waals surface area contributed by atoms with Gasteiger partial charge < -0.3 is 10.2 Å². The number of nitrogens with one attached hydrogen (secondary N) is 1. The molecule has 0 bridgehead atoms. The van der Waals surface area contributed by atoms with Crippen LogP contribution in [0.3, 0.4) is 0 Å². The van der Waals surface area contributed by atoms with Gasteiger partial charge in [-0.05, 0) is 69.2 Å². The van der Waals surface area contributed by atoms with Crippen LogP contribution in [0.15, 0.2) is 53.4 Å². The number of halogens is 4. The number of likely N-dealkylation sites (tertiary alicyclic amines) is 1. The molecule has 2 aromatic carbocycles. The lowest BCUT2D eigenvalue weighted by Crippen LogP contribution is -2.51. The third-order valence-electron chi connectivity index (χ3n) is 5.94. The van der Waals surface area contributed by atoms with Crippen molar-refractivity contribution in [2.75, 3.05) is 25.0 Å². The fourth-order valence-electron chi connectivity index (χ4n) is 4.26. The van der Waals surface area contributed by atoms with Gasteiger partial charge in [0.25, 0.3) is 0 Å². The molecule has 1 aliphatic rings. The highest BCUT2D eigenvalue weighted by molar-refractivity contribution is 7.89. The highest BCUT2D eigenvalue weighted by atomic mass is 35.5. The minimum atomic E-state index is -4.64. The number of amides is 1. The highest BCUT2D eigenvalue weighted by Gasteiger charge is 2.38. The van der Waals surface area contributed by atoms with Gasteiger partial charge >= 0.3 is 6.18 Å². The Kier molecular flexibility index (Phi) is 8.72. The molecular formula is C24H29ClF3N3O3S. The van der Waals surface area contributed by atoms with Crippen LogP contribution in [0.25, 0.3) is 0 Å². The first-order chi connectivity index (χ1) is 16.4. The van der Waals surface area contributed by atoms with Gasteiger partial charge in [0.05, 0.1) is 10.5 Å². The van der Waals surface area contributed by atoms with Gasteiger partial charge in [-0.2, -0.15) is 17.5 Å². The standard InChI is InChI=1S/C24H29ClF3N3O3S/c1-17(2)31(35(33,34)22-5-3-4-18(16-22)24(26,27)28)21-11-14-30(15-12-21)23(32)10-13-29-20-8-6-19(25)7-9-20/h3-9,16-17,21,29H,10-15H2,1-2H3. The molecule has 3 rings (SSSR count). The first-order valence-corrected chi connectivity index (χ1v) is 13.2. The summed E-state index contributed by atoms with van der Waals surface area (Å²) in [4.78, 5) is 14.0. The van der Waals surface area contributed by atoms with Crippen molar-refractivity contribution in [1.29, 1.82) is 0 Å². The van der Waals surface area contributed by atoms with Gasteiger partial charge in [0.2, 0.25) is 15.9 Å².